The van der Waals surface area contributed by atoms with Crippen molar-refractivity contribution < 1.29 is 22.7 Å². The number of nitrogens with two attached hydrogens (primary N) is 1. The van der Waals surface area contributed by atoms with Crippen molar-refractivity contribution in [3.63, 3.8) is 0 Å². The summed E-state index contributed by atoms with van der Waals surface area (Å²) in [5.41, 5.74) is 6.50. The van der Waals surface area contributed by atoms with Gasteiger partial charge in [-0.05, 0) is 87.5 Å². The number of ether oxygens (including phenoxy) is 1. The van der Waals surface area contributed by atoms with E-state index in [2.05, 4.69) is 20.1 Å². The number of sulfonamides is 1. The Hall–Kier alpha value is -2.60. The Morgan fingerprint density at radius 2 is 1.69 bits per heavy atom. The van der Waals surface area contributed by atoms with Crippen molar-refractivity contribution in [1.29, 1.82) is 0 Å². The number of hydrogen-bond donors (Lipinski definition) is 2. The smallest absolute Gasteiger partial charge is 0.318 e. The van der Waals surface area contributed by atoms with E-state index in [-0.39, 0.29) is 35.5 Å². The van der Waals surface area contributed by atoms with Crippen LogP contribution in [0.5, 0.6) is 5.88 Å². The second-order valence-electron chi connectivity index (χ2n) is 14.0. The molecular weight excluding hydrogens is 556 g/mol. The van der Waals surface area contributed by atoms with Gasteiger partial charge in [0.25, 0.3) is 0 Å². The molecule has 0 spiro atoms. The quantitative estimate of drug-likeness (QED) is 0.489. The zero-order valence-electron chi connectivity index (χ0n) is 24.5. The molecule has 4 saturated carbocycles. The summed E-state index contributed by atoms with van der Waals surface area (Å²) in [6, 6.07) is 4.62. The Labute approximate surface area is 248 Å². The fourth-order valence-electron chi connectivity index (χ4n) is 9.66. The second kappa shape index (κ2) is 10.5. The number of primary amides is 1. The van der Waals surface area contributed by atoms with E-state index in [0.29, 0.717) is 62.3 Å². The van der Waals surface area contributed by atoms with Gasteiger partial charge in [-0.15, -0.1) is 0 Å². The molecule has 4 heterocycles. The summed E-state index contributed by atoms with van der Waals surface area (Å²) in [7, 11) is -3.15. The lowest BCUT2D eigenvalue weighted by Crippen LogP contribution is -2.64. The lowest BCUT2D eigenvalue weighted by molar-refractivity contribution is -0.145. The van der Waals surface area contributed by atoms with Gasteiger partial charge < -0.3 is 25.6 Å². The number of anilines is 1. The van der Waals surface area contributed by atoms with E-state index >= 15 is 0 Å². The summed E-state index contributed by atoms with van der Waals surface area (Å²) < 4.78 is 31.2. The van der Waals surface area contributed by atoms with Gasteiger partial charge in [-0.1, -0.05) is 0 Å². The first kappa shape index (κ1) is 28.2. The molecule has 7 aliphatic rings. The third-order valence-electron chi connectivity index (χ3n) is 11.4. The summed E-state index contributed by atoms with van der Waals surface area (Å²) in [5, 5.41) is 3.46. The number of piperidine rings is 1. The maximum atomic E-state index is 13.6. The molecule has 8 rings (SSSR count). The number of nitrogens with one attached hydrogen (secondary N) is 1. The first-order chi connectivity index (χ1) is 20.1. The van der Waals surface area contributed by atoms with Crippen molar-refractivity contribution in [2.75, 3.05) is 43.9 Å². The molecular formula is C30H44N6O5S. The second-order valence-corrected chi connectivity index (χ2v) is 16.0. The Morgan fingerprint density at radius 3 is 2.26 bits per heavy atom. The Bertz CT molecular complexity index is 1290. The molecule has 0 aromatic carbocycles. The molecule has 230 valence electrons. The third kappa shape index (κ3) is 5.12. The predicted molar refractivity (Wildman–Crippen MR) is 157 cm³/mol. The van der Waals surface area contributed by atoms with Gasteiger partial charge in [0, 0.05) is 55.8 Å². The molecule has 4 aliphatic carbocycles. The minimum Gasteiger partial charge on any atom is -0.477 e. The number of aromatic nitrogens is 1. The van der Waals surface area contributed by atoms with E-state index < -0.39 is 10.0 Å². The standard InChI is InChI=1S/C30H44N6O5S/c1-42(39,40)35-8-6-34(7-9-35)25-4-5-26(32-17-25)41-18-20-12-23-2-3-24(13-20)36(23)29(38)33-27-21-10-19-11-22(27)16-30(14-19,15-21)28(31)37/h4-5,17,19-24,27H,2-3,6-16,18H2,1H3,(H2,31,37)(H,33,38). The van der Waals surface area contributed by atoms with Crippen LogP contribution in [0.25, 0.3) is 0 Å². The minimum absolute atomic E-state index is 0.0853. The molecule has 4 unspecified atom stereocenters. The van der Waals surface area contributed by atoms with Crippen molar-refractivity contribution in [2.45, 2.75) is 75.9 Å². The van der Waals surface area contributed by atoms with Gasteiger partial charge in [0.15, 0.2) is 0 Å². The normalized spacial score (nSPS) is 37.6. The van der Waals surface area contributed by atoms with Gasteiger partial charge in [0.1, 0.15) is 0 Å². The number of amides is 3. The predicted octanol–water partition coefficient (Wildman–Crippen LogP) is 2.17. The van der Waals surface area contributed by atoms with Crippen LogP contribution in [0, 0.1) is 29.1 Å². The third-order valence-corrected chi connectivity index (χ3v) is 12.7. The van der Waals surface area contributed by atoms with Crippen LogP contribution < -0.4 is 20.7 Å². The molecule has 0 radical (unpaired) electrons. The van der Waals surface area contributed by atoms with Gasteiger partial charge in [0.2, 0.25) is 21.8 Å². The summed E-state index contributed by atoms with van der Waals surface area (Å²) in [5.74, 6) is 2.16. The molecule has 3 N–H and O–H groups in total. The van der Waals surface area contributed by atoms with Crippen LogP contribution in [0.4, 0.5) is 10.5 Å². The molecule has 3 aliphatic heterocycles. The van der Waals surface area contributed by atoms with E-state index in [0.717, 1.165) is 63.5 Å². The number of fused-ring (bicyclic) bond motifs is 2. The van der Waals surface area contributed by atoms with Gasteiger partial charge >= 0.3 is 6.03 Å². The van der Waals surface area contributed by atoms with Crippen LogP contribution in [0.2, 0.25) is 0 Å². The van der Waals surface area contributed by atoms with Crippen LogP contribution in [0.3, 0.4) is 0 Å². The van der Waals surface area contributed by atoms with Gasteiger partial charge in [-0.3, -0.25) is 4.79 Å². The molecule has 1 aromatic heterocycles. The van der Waals surface area contributed by atoms with Crippen molar-refractivity contribution in [3.05, 3.63) is 18.3 Å². The van der Waals surface area contributed by atoms with Crippen molar-refractivity contribution in [1.82, 2.24) is 19.5 Å². The number of pyridine rings is 1. The Kier molecular flexibility index (Phi) is 7.07. The number of nitrogens with zero attached hydrogens (tertiary/aromatic N) is 4. The van der Waals surface area contributed by atoms with Crippen LogP contribution in [-0.4, -0.2) is 91.7 Å². The largest absolute Gasteiger partial charge is 0.477 e. The van der Waals surface area contributed by atoms with E-state index in [9.17, 15) is 18.0 Å². The Balaban J connectivity index is 0.901. The molecule has 11 nitrogen and oxygen atoms in total. The molecule has 7 fully saturated rings. The first-order valence-corrected chi connectivity index (χ1v) is 17.6. The highest BCUT2D eigenvalue weighted by atomic mass is 32.2. The van der Waals surface area contributed by atoms with Crippen LogP contribution >= 0.6 is 0 Å². The zero-order valence-corrected chi connectivity index (χ0v) is 25.3. The number of hydrogen-bond acceptors (Lipinski definition) is 7. The van der Waals surface area contributed by atoms with Gasteiger partial charge in [0.05, 0.1) is 24.7 Å². The average Bonchev–Trinajstić information content (AvgIpc) is 3.23. The summed E-state index contributed by atoms with van der Waals surface area (Å²) >= 11 is 0. The number of piperazine rings is 1. The highest BCUT2D eigenvalue weighted by molar-refractivity contribution is 7.88. The molecule has 42 heavy (non-hydrogen) atoms. The van der Waals surface area contributed by atoms with E-state index in [1.807, 2.05) is 12.1 Å². The zero-order chi connectivity index (χ0) is 29.2. The molecule has 12 heteroatoms. The summed E-state index contributed by atoms with van der Waals surface area (Å²) in [6.07, 6.45) is 11.9. The monoisotopic (exact) mass is 600 g/mol. The lowest BCUT2D eigenvalue weighted by Gasteiger charge is -2.59. The molecule has 6 bridgehead atoms. The van der Waals surface area contributed by atoms with Crippen LogP contribution in [0.1, 0.15) is 57.8 Å². The lowest BCUT2D eigenvalue weighted by atomic mass is 9.47. The fourth-order valence-corrected chi connectivity index (χ4v) is 10.5. The molecule has 4 atom stereocenters. The van der Waals surface area contributed by atoms with Crippen molar-refractivity contribution in [2.24, 2.45) is 34.8 Å². The SMILES string of the molecule is CS(=O)(=O)N1CCN(c2ccc(OCC3CC4CCC(C3)N4C(=O)NC3C4CC5CC3CC(C(N)=O)(C5)C4)nc2)CC1. The minimum atomic E-state index is -3.15. The van der Waals surface area contributed by atoms with Gasteiger partial charge in [-0.25, -0.2) is 18.2 Å². The number of carbonyl (C=O) groups excluding carboxylic acids is 2. The topological polar surface area (TPSA) is 138 Å². The number of urea groups is 1. The number of carbonyl (C=O) groups is 2. The van der Waals surface area contributed by atoms with Crippen LogP contribution in [0.15, 0.2) is 18.3 Å². The van der Waals surface area contributed by atoms with Crippen molar-refractivity contribution in [3.8, 4) is 5.88 Å². The van der Waals surface area contributed by atoms with Crippen LogP contribution in [-0.2, 0) is 14.8 Å². The molecule has 1 aromatic rings. The van der Waals surface area contributed by atoms with Gasteiger partial charge in [-0.2, -0.15) is 4.31 Å². The number of rotatable bonds is 7. The maximum absolute atomic E-state index is 13.6. The van der Waals surface area contributed by atoms with E-state index in [1.165, 1.54) is 10.6 Å². The highest BCUT2D eigenvalue weighted by Gasteiger charge is 2.58. The fraction of sp³-hybridized carbons (Fsp3) is 0.767. The summed E-state index contributed by atoms with van der Waals surface area (Å²) in [6.45, 7) is 2.83. The van der Waals surface area contributed by atoms with E-state index in [1.54, 1.807) is 6.20 Å². The maximum Gasteiger partial charge on any atom is 0.318 e. The first-order valence-electron chi connectivity index (χ1n) is 15.8. The van der Waals surface area contributed by atoms with Crippen molar-refractivity contribution >= 4 is 27.6 Å². The molecule has 3 saturated heterocycles. The average molecular weight is 601 g/mol. The molecule has 3 amide bonds. The highest BCUT2D eigenvalue weighted by Crippen LogP contribution is 2.60. The summed E-state index contributed by atoms with van der Waals surface area (Å²) in [4.78, 5) is 34.7. The van der Waals surface area contributed by atoms with E-state index in [4.69, 9.17) is 10.5 Å². The Morgan fingerprint density at radius 1 is 1.02 bits per heavy atom.